The Labute approximate surface area is 152 Å². The number of allylic oxidation sites excluding steroid dienone is 1. The molecule has 0 spiro atoms. The minimum atomic E-state index is 0.228. The van der Waals surface area contributed by atoms with E-state index < -0.39 is 0 Å². The highest BCUT2D eigenvalue weighted by atomic mass is 15.3. The van der Waals surface area contributed by atoms with Gasteiger partial charge in [0.2, 0.25) is 0 Å². The zero-order chi connectivity index (χ0) is 17.3. The van der Waals surface area contributed by atoms with Gasteiger partial charge in [0, 0.05) is 48.6 Å². The fourth-order valence-corrected chi connectivity index (χ4v) is 4.00. The lowest BCUT2D eigenvalue weighted by Gasteiger charge is -2.21. The molecule has 2 N–H and O–H groups in total. The van der Waals surface area contributed by atoms with E-state index in [1.165, 1.54) is 24.1 Å². The van der Waals surface area contributed by atoms with Crippen LogP contribution in [0.4, 0.5) is 0 Å². The van der Waals surface area contributed by atoms with Crippen molar-refractivity contribution in [3.63, 3.8) is 0 Å². The predicted molar refractivity (Wildman–Crippen MR) is 101 cm³/mol. The second-order valence-electron chi connectivity index (χ2n) is 7.09. The van der Waals surface area contributed by atoms with Crippen LogP contribution in [0.3, 0.4) is 0 Å². The van der Waals surface area contributed by atoms with Gasteiger partial charge in [-0.25, -0.2) is 0 Å². The van der Waals surface area contributed by atoms with Gasteiger partial charge in [0.05, 0.1) is 23.1 Å². The van der Waals surface area contributed by atoms with E-state index in [0.29, 0.717) is 5.92 Å². The summed E-state index contributed by atoms with van der Waals surface area (Å²) in [5.41, 5.74) is 5.66. The molecular weight excluding hydrogens is 324 g/mol. The highest BCUT2D eigenvalue weighted by Gasteiger charge is 2.24. The fraction of sp³-hybridized carbons (Fsp3) is 0.350. The molecule has 5 rings (SSSR count). The molecule has 6 heteroatoms. The van der Waals surface area contributed by atoms with Crippen molar-refractivity contribution in [2.24, 2.45) is 0 Å². The van der Waals surface area contributed by atoms with E-state index in [1.807, 2.05) is 24.5 Å². The van der Waals surface area contributed by atoms with Crippen LogP contribution in [0.15, 0.2) is 42.9 Å². The second-order valence-corrected chi connectivity index (χ2v) is 7.09. The first-order chi connectivity index (χ1) is 12.9. The van der Waals surface area contributed by atoms with Crippen LogP contribution in [0.2, 0.25) is 0 Å². The lowest BCUT2D eigenvalue weighted by molar-refractivity contribution is 0.443. The van der Waals surface area contributed by atoms with Crippen LogP contribution in [0, 0.1) is 0 Å². The number of piperidine rings is 1. The Morgan fingerprint density at radius 1 is 1.15 bits per heavy atom. The van der Waals surface area contributed by atoms with Gasteiger partial charge >= 0.3 is 0 Å². The van der Waals surface area contributed by atoms with E-state index in [1.54, 1.807) is 0 Å². The van der Waals surface area contributed by atoms with E-state index in [4.69, 9.17) is 5.10 Å². The smallest absolute Gasteiger partial charge is 0.0961 e. The lowest BCUT2D eigenvalue weighted by Crippen LogP contribution is -2.28. The molecule has 2 aliphatic rings. The van der Waals surface area contributed by atoms with Crippen LogP contribution in [-0.2, 0) is 6.42 Å². The van der Waals surface area contributed by atoms with Gasteiger partial charge < -0.3 is 5.32 Å². The standard InChI is InChI=1S/C20H22N6/c1-2-15(13-22-8-1)18-7-11-26(25-18)16-3-4-19-17(12-16)20(24-23-19)14-5-9-21-10-6-14/h3-7,9-11,15-16,22H,1-2,8,12-13H2,(H,23,24). The van der Waals surface area contributed by atoms with E-state index >= 15 is 0 Å². The van der Waals surface area contributed by atoms with Crippen molar-refractivity contribution in [3.05, 3.63) is 59.8 Å². The zero-order valence-corrected chi connectivity index (χ0v) is 14.6. The first-order valence-electron chi connectivity index (χ1n) is 9.30. The van der Waals surface area contributed by atoms with Gasteiger partial charge in [0.1, 0.15) is 0 Å². The number of rotatable bonds is 3. The Bertz CT molecular complexity index is 917. The molecule has 0 amide bonds. The van der Waals surface area contributed by atoms with Crippen LogP contribution < -0.4 is 5.32 Å². The first kappa shape index (κ1) is 15.5. The van der Waals surface area contributed by atoms with E-state index in [-0.39, 0.29) is 6.04 Å². The van der Waals surface area contributed by atoms with Crippen LogP contribution in [0.25, 0.3) is 17.3 Å². The largest absolute Gasteiger partial charge is 0.316 e. The number of hydrogen-bond donors (Lipinski definition) is 2. The van der Waals surface area contributed by atoms with Gasteiger partial charge in [-0.05, 0) is 43.7 Å². The normalized spacial score (nSPS) is 22.3. The minimum absolute atomic E-state index is 0.228. The molecule has 26 heavy (non-hydrogen) atoms. The lowest BCUT2D eigenvalue weighted by atomic mass is 9.95. The summed E-state index contributed by atoms with van der Waals surface area (Å²) in [6, 6.07) is 6.42. The molecular formula is C20H22N6. The van der Waals surface area contributed by atoms with Crippen LogP contribution in [-0.4, -0.2) is 38.1 Å². The number of fused-ring (bicyclic) bond motifs is 1. The summed E-state index contributed by atoms with van der Waals surface area (Å²) in [6.07, 6.45) is 13.4. The topological polar surface area (TPSA) is 71.4 Å². The second kappa shape index (κ2) is 6.53. The van der Waals surface area contributed by atoms with E-state index in [9.17, 15) is 0 Å². The van der Waals surface area contributed by atoms with Crippen LogP contribution >= 0.6 is 0 Å². The molecule has 6 nitrogen and oxygen atoms in total. The van der Waals surface area contributed by atoms with Crippen molar-refractivity contribution < 1.29 is 0 Å². The number of aromatic amines is 1. The highest BCUT2D eigenvalue weighted by Crippen LogP contribution is 2.32. The quantitative estimate of drug-likeness (QED) is 0.765. The highest BCUT2D eigenvalue weighted by molar-refractivity contribution is 5.69. The molecule has 4 heterocycles. The number of nitrogens with zero attached hydrogens (tertiary/aromatic N) is 4. The minimum Gasteiger partial charge on any atom is -0.316 e. The number of hydrogen-bond acceptors (Lipinski definition) is 4. The Morgan fingerprint density at radius 3 is 2.92 bits per heavy atom. The van der Waals surface area contributed by atoms with Crippen LogP contribution in [0.1, 0.15) is 41.8 Å². The summed E-state index contributed by atoms with van der Waals surface area (Å²) in [4.78, 5) is 4.11. The van der Waals surface area contributed by atoms with Gasteiger partial charge in [-0.2, -0.15) is 10.2 Å². The SMILES string of the molecule is C1=CC(n2ccc(C3CCCNC3)n2)Cc2c(-c3ccncc3)n[nH]c21. The molecule has 2 atom stereocenters. The fourth-order valence-electron chi connectivity index (χ4n) is 4.00. The maximum absolute atomic E-state index is 4.90. The van der Waals surface area contributed by atoms with Crippen LogP contribution in [0.5, 0.6) is 0 Å². The third kappa shape index (κ3) is 2.76. The van der Waals surface area contributed by atoms with Gasteiger partial charge in [-0.1, -0.05) is 6.08 Å². The Hall–Kier alpha value is -2.73. The van der Waals surface area contributed by atoms with Gasteiger partial charge in [-0.3, -0.25) is 14.8 Å². The number of nitrogens with one attached hydrogen (secondary N) is 2. The van der Waals surface area contributed by atoms with Crippen molar-refractivity contribution in [2.45, 2.75) is 31.2 Å². The van der Waals surface area contributed by atoms with Crippen molar-refractivity contribution in [1.82, 2.24) is 30.3 Å². The van der Waals surface area contributed by atoms with Gasteiger partial charge in [0.25, 0.3) is 0 Å². The summed E-state index contributed by atoms with van der Waals surface area (Å²) < 4.78 is 2.10. The van der Waals surface area contributed by atoms with Crippen molar-refractivity contribution in [2.75, 3.05) is 13.1 Å². The average molecular weight is 346 g/mol. The van der Waals surface area contributed by atoms with E-state index in [2.05, 4.69) is 49.6 Å². The maximum atomic E-state index is 4.90. The van der Waals surface area contributed by atoms with Crippen molar-refractivity contribution >= 4 is 6.08 Å². The third-order valence-electron chi connectivity index (χ3n) is 5.44. The number of aromatic nitrogens is 5. The molecule has 3 aromatic heterocycles. The monoisotopic (exact) mass is 346 g/mol. The molecule has 1 aliphatic heterocycles. The predicted octanol–water partition coefficient (Wildman–Crippen LogP) is 2.95. The Morgan fingerprint density at radius 2 is 2.08 bits per heavy atom. The first-order valence-corrected chi connectivity index (χ1v) is 9.30. The van der Waals surface area contributed by atoms with Gasteiger partial charge in [-0.15, -0.1) is 0 Å². The number of H-pyrrole nitrogens is 1. The summed E-state index contributed by atoms with van der Waals surface area (Å²) in [5, 5.41) is 16.1. The molecule has 3 aromatic rings. The molecule has 2 unspecified atom stereocenters. The Balaban J connectivity index is 1.41. The summed E-state index contributed by atoms with van der Waals surface area (Å²) in [5.74, 6) is 0.537. The molecule has 0 bridgehead atoms. The molecule has 0 aromatic carbocycles. The summed E-state index contributed by atoms with van der Waals surface area (Å²) in [7, 11) is 0. The molecule has 1 aliphatic carbocycles. The molecule has 1 saturated heterocycles. The van der Waals surface area contributed by atoms with Gasteiger partial charge in [0.15, 0.2) is 0 Å². The van der Waals surface area contributed by atoms with Crippen molar-refractivity contribution in [3.8, 4) is 11.3 Å². The van der Waals surface area contributed by atoms with E-state index in [0.717, 1.165) is 36.5 Å². The molecule has 0 saturated carbocycles. The molecule has 132 valence electrons. The maximum Gasteiger partial charge on any atom is 0.0961 e. The van der Waals surface area contributed by atoms with Crippen molar-refractivity contribution in [1.29, 1.82) is 0 Å². The summed E-state index contributed by atoms with van der Waals surface area (Å²) >= 11 is 0. The molecule has 0 radical (unpaired) electrons. The Kier molecular flexibility index (Phi) is 3.90. The zero-order valence-electron chi connectivity index (χ0n) is 14.6. The molecule has 1 fully saturated rings. The average Bonchev–Trinajstić information content (AvgIpc) is 3.36. The number of pyridine rings is 1. The third-order valence-corrected chi connectivity index (χ3v) is 5.44. The summed E-state index contributed by atoms with van der Waals surface area (Å²) in [6.45, 7) is 2.17.